The summed E-state index contributed by atoms with van der Waals surface area (Å²) in [6.45, 7) is 2.88. The predicted octanol–water partition coefficient (Wildman–Crippen LogP) is 3.35. The molecule has 1 aromatic carbocycles. The second kappa shape index (κ2) is 6.38. The maximum absolute atomic E-state index is 5.81. The van der Waals surface area contributed by atoms with Crippen molar-refractivity contribution in [3.8, 4) is 5.75 Å². The third-order valence-electron chi connectivity index (χ3n) is 2.89. The van der Waals surface area contributed by atoms with Crippen LogP contribution in [-0.4, -0.2) is 23.6 Å². The minimum absolute atomic E-state index is 0.296. The zero-order valence-electron chi connectivity index (χ0n) is 10.9. The van der Waals surface area contributed by atoms with E-state index in [1.807, 2.05) is 18.2 Å². The Labute approximate surface area is 117 Å². The van der Waals surface area contributed by atoms with E-state index >= 15 is 0 Å². The smallest absolute Gasteiger partial charge is 0.134 e. The molecule has 1 aromatic heterocycles. The first kappa shape index (κ1) is 13.6. The van der Waals surface area contributed by atoms with Crippen molar-refractivity contribution in [2.45, 2.75) is 12.8 Å². The van der Waals surface area contributed by atoms with Crippen molar-refractivity contribution in [2.75, 3.05) is 19.0 Å². The van der Waals surface area contributed by atoms with Crippen molar-refractivity contribution >= 4 is 17.4 Å². The van der Waals surface area contributed by atoms with E-state index in [0.717, 1.165) is 23.7 Å². The van der Waals surface area contributed by atoms with Gasteiger partial charge in [0.25, 0.3) is 0 Å². The molecule has 1 heterocycles. The SMILES string of the molecule is COc1ccccc1C(C)CNc1cc(Cl)ncn1. The van der Waals surface area contributed by atoms with Gasteiger partial charge in [0.2, 0.25) is 0 Å². The van der Waals surface area contributed by atoms with E-state index in [-0.39, 0.29) is 0 Å². The molecule has 0 radical (unpaired) electrons. The molecule has 0 bridgehead atoms. The number of nitrogens with one attached hydrogen (secondary N) is 1. The highest BCUT2D eigenvalue weighted by Crippen LogP contribution is 2.26. The topological polar surface area (TPSA) is 47.0 Å². The Morgan fingerprint density at radius 3 is 2.84 bits per heavy atom. The normalized spacial score (nSPS) is 11.9. The lowest BCUT2D eigenvalue weighted by Crippen LogP contribution is -2.11. The number of rotatable bonds is 5. The predicted molar refractivity (Wildman–Crippen MR) is 76.9 cm³/mol. The molecule has 0 aliphatic carbocycles. The van der Waals surface area contributed by atoms with Gasteiger partial charge in [-0.15, -0.1) is 0 Å². The lowest BCUT2D eigenvalue weighted by molar-refractivity contribution is 0.407. The van der Waals surface area contributed by atoms with Crippen molar-refractivity contribution < 1.29 is 4.74 Å². The molecule has 2 rings (SSSR count). The Morgan fingerprint density at radius 1 is 1.32 bits per heavy atom. The Bertz CT molecular complexity index is 548. The van der Waals surface area contributed by atoms with Crippen LogP contribution in [0.2, 0.25) is 5.15 Å². The van der Waals surface area contributed by atoms with E-state index in [1.54, 1.807) is 13.2 Å². The number of benzene rings is 1. The highest BCUT2D eigenvalue weighted by atomic mass is 35.5. The number of halogens is 1. The molecule has 2 aromatic rings. The van der Waals surface area contributed by atoms with Crippen LogP contribution in [0.25, 0.3) is 0 Å². The Kier molecular flexibility index (Phi) is 4.58. The molecule has 4 nitrogen and oxygen atoms in total. The molecule has 0 fully saturated rings. The van der Waals surface area contributed by atoms with Crippen LogP contribution in [0.1, 0.15) is 18.4 Å². The minimum atomic E-state index is 0.296. The maximum Gasteiger partial charge on any atom is 0.134 e. The third-order valence-corrected chi connectivity index (χ3v) is 3.10. The van der Waals surface area contributed by atoms with Crippen molar-refractivity contribution in [3.63, 3.8) is 0 Å². The summed E-state index contributed by atoms with van der Waals surface area (Å²) in [5.41, 5.74) is 1.16. The molecule has 1 atom stereocenters. The van der Waals surface area contributed by atoms with Gasteiger partial charge in [-0.3, -0.25) is 0 Å². The van der Waals surface area contributed by atoms with Crippen LogP contribution < -0.4 is 10.1 Å². The molecule has 0 saturated heterocycles. The molecule has 100 valence electrons. The highest BCUT2D eigenvalue weighted by Gasteiger charge is 2.10. The Morgan fingerprint density at radius 2 is 2.11 bits per heavy atom. The van der Waals surface area contributed by atoms with Crippen molar-refractivity contribution in [2.24, 2.45) is 0 Å². The zero-order valence-corrected chi connectivity index (χ0v) is 11.7. The first-order valence-corrected chi connectivity index (χ1v) is 6.43. The van der Waals surface area contributed by atoms with Crippen LogP contribution in [0.15, 0.2) is 36.7 Å². The van der Waals surface area contributed by atoms with Crippen molar-refractivity contribution in [1.29, 1.82) is 0 Å². The van der Waals surface area contributed by atoms with Gasteiger partial charge in [-0.2, -0.15) is 0 Å². The lowest BCUT2D eigenvalue weighted by Gasteiger charge is -2.16. The summed E-state index contributed by atoms with van der Waals surface area (Å²) in [5, 5.41) is 3.68. The van der Waals surface area contributed by atoms with E-state index in [9.17, 15) is 0 Å². The quantitative estimate of drug-likeness (QED) is 0.852. The molecule has 0 aliphatic rings. The third kappa shape index (κ3) is 3.58. The number of hydrogen-bond donors (Lipinski definition) is 1. The number of nitrogens with zero attached hydrogens (tertiary/aromatic N) is 2. The van der Waals surface area contributed by atoms with E-state index in [4.69, 9.17) is 16.3 Å². The molecule has 5 heteroatoms. The molecule has 0 amide bonds. The minimum Gasteiger partial charge on any atom is -0.496 e. The lowest BCUT2D eigenvalue weighted by atomic mass is 10.00. The molecule has 1 unspecified atom stereocenters. The zero-order chi connectivity index (χ0) is 13.7. The summed E-state index contributed by atoms with van der Waals surface area (Å²) in [4.78, 5) is 7.96. The summed E-state index contributed by atoms with van der Waals surface area (Å²) in [6.07, 6.45) is 1.44. The van der Waals surface area contributed by atoms with Gasteiger partial charge in [-0.25, -0.2) is 9.97 Å². The molecular formula is C14H16ClN3O. The van der Waals surface area contributed by atoms with Gasteiger partial charge >= 0.3 is 0 Å². The molecule has 0 aliphatic heterocycles. The number of methoxy groups -OCH3 is 1. The van der Waals surface area contributed by atoms with Crippen LogP contribution in [-0.2, 0) is 0 Å². The van der Waals surface area contributed by atoms with Crippen molar-refractivity contribution in [1.82, 2.24) is 9.97 Å². The Balaban J connectivity index is 2.03. The monoisotopic (exact) mass is 277 g/mol. The molecule has 0 saturated carbocycles. The highest BCUT2D eigenvalue weighted by molar-refractivity contribution is 6.29. The average molecular weight is 278 g/mol. The summed E-state index contributed by atoms with van der Waals surface area (Å²) in [5.74, 6) is 1.92. The fourth-order valence-corrected chi connectivity index (χ4v) is 2.02. The van der Waals surface area contributed by atoms with Crippen LogP contribution in [0.5, 0.6) is 5.75 Å². The molecule has 19 heavy (non-hydrogen) atoms. The van der Waals surface area contributed by atoms with Crippen LogP contribution in [0.3, 0.4) is 0 Å². The van der Waals surface area contributed by atoms with Crippen molar-refractivity contribution in [3.05, 3.63) is 47.4 Å². The van der Waals surface area contributed by atoms with E-state index < -0.39 is 0 Å². The van der Waals surface area contributed by atoms with E-state index in [0.29, 0.717) is 11.1 Å². The van der Waals surface area contributed by atoms with Gasteiger partial charge in [0, 0.05) is 18.5 Å². The van der Waals surface area contributed by atoms with Gasteiger partial charge in [0.05, 0.1) is 7.11 Å². The number of aromatic nitrogens is 2. The first-order chi connectivity index (χ1) is 9.20. The van der Waals surface area contributed by atoms with E-state index in [2.05, 4.69) is 28.3 Å². The number of anilines is 1. The maximum atomic E-state index is 5.81. The van der Waals surface area contributed by atoms with Crippen LogP contribution >= 0.6 is 11.6 Å². The van der Waals surface area contributed by atoms with Crippen LogP contribution in [0.4, 0.5) is 5.82 Å². The fraction of sp³-hybridized carbons (Fsp3) is 0.286. The van der Waals surface area contributed by atoms with Gasteiger partial charge in [0.15, 0.2) is 0 Å². The van der Waals surface area contributed by atoms with Gasteiger partial charge in [0.1, 0.15) is 23.0 Å². The van der Waals surface area contributed by atoms with Gasteiger partial charge in [-0.1, -0.05) is 36.7 Å². The van der Waals surface area contributed by atoms with E-state index in [1.165, 1.54) is 6.33 Å². The summed E-state index contributed by atoms with van der Waals surface area (Å²) in [7, 11) is 1.68. The number of ether oxygens (including phenoxy) is 1. The number of para-hydroxylation sites is 1. The van der Waals surface area contributed by atoms with Crippen LogP contribution in [0, 0.1) is 0 Å². The summed E-state index contributed by atoms with van der Waals surface area (Å²) >= 11 is 5.81. The first-order valence-electron chi connectivity index (χ1n) is 6.05. The summed E-state index contributed by atoms with van der Waals surface area (Å²) in [6, 6.07) is 9.71. The van der Waals surface area contributed by atoms with Gasteiger partial charge in [-0.05, 0) is 11.6 Å². The average Bonchev–Trinajstić information content (AvgIpc) is 2.45. The second-order valence-electron chi connectivity index (χ2n) is 4.25. The molecular weight excluding hydrogens is 262 g/mol. The number of hydrogen-bond acceptors (Lipinski definition) is 4. The Hall–Kier alpha value is -1.81. The summed E-state index contributed by atoms with van der Waals surface area (Å²) < 4.78 is 5.36. The molecule has 1 N–H and O–H groups in total. The largest absolute Gasteiger partial charge is 0.496 e. The molecule has 0 spiro atoms. The fourth-order valence-electron chi connectivity index (χ4n) is 1.87. The standard InChI is InChI=1S/C14H16ClN3O/c1-10(11-5-3-4-6-12(11)19-2)8-16-14-7-13(15)17-9-18-14/h3-7,9-10H,8H2,1-2H3,(H,16,17,18). The van der Waals surface area contributed by atoms with Gasteiger partial charge < -0.3 is 10.1 Å². The second-order valence-corrected chi connectivity index (χ2v) is 4.64.